The molecule has 0 saturated carbocycles. The monoisotopic (exact) mass is 247 g/mol. The van der Waals surface area contributed by atoms with Crippen molar-refractivity contribution in [2.45, 2.75) is 13.8 Å². The summed E-state index contributed by atoms with van der Waals surface area (Å²) in [7, 11) is 0. The third-order valence-electron chi connectivity index (χ3n) is 2.35. The third kappa shape index (κ3) is 2.53. The molecule has 2 aromatic rings. The molecule has 0 aliphatic heterocycles. The lowest BCUT2D eigenvalue weighted by Gasteiger charge is -2.03. The van der Waals surface area contributed by atoms with E-state index in [-0.39, 0.29) is 0 Å². The van der Waals surface area contributed by atoms with Gasteiger partial charge in [-0.25, -0.2) is 4.98 Å². The molecule has 2 rings (SSSR count). The molecule has 1 aromatic carbocycles. The Labute approximate surface area is 104 Å². The molecule has 0 aliphatic carbocycles. The Kier molecular flexibility index (Phi) is 3.54. The number of benzene rings is 1. The van der Waals surface area contributed by atoms with Gasteiger partial charge < -0.3 is 4.74 Å². The topological polar surface area (TPSA) is 39.2 Å². The average Bonchev–Trinajstić information content (AvgIpc) is 2.72. The molecule has 0 amide bonds. The summed E-state index contributed by atoms with van der Waals surface area (Å²) in [4.78, 5) is 16.0. The zero-order valence-corrected chi connectivity index (χ0v) is 10.6. The highest BCUT2D eigenvalue weighted by molar-refractivity contribution is 7.13. The van der Waals surface area contributed by atoms with Gasteiger partial charge in [0, 0.05) is 10.4 Å². The summed E-state index contributed by atoms with van der Waals surface area (Å²) < 4.78 is 5.38. The van der Waals surface area contributed by atoms with Crippen LogP contribution in [0.15, 0.2) is 24.3 Å². The van der Waals surface area contributed by atoms with Crippen molar-refractivity contribution in [3.8, 4) is 17.0 Å². The van der Waals surface area contributed by atoms with Gasteiger partial charge in [-0.2, -0.15) is 0 Å². The molecule has 1 heterocycles. The van der Waals surface area contributed by atoms with Crippen LogP contribution in [0.5, 0.6) is 5.75 Å². The van der Waals surface area contributed by atoms with Gasteiger partial charge in [-0.3, -0.25) is 4.79 Å². The second kappa shape index (κ2) is 5.10. The Bertz CT molecular complexity index is 517. The fourth-order valence-corrected chi connectivity index (χ4v) is 2.37. The molecule has 17 heavy (non-hydrogen) atoms. The second-order valence-corrected chi connectivity index (χ2v) is 4.77. The maximum Gasteiger partial charge on any atom is 0.178 e. The second-order valence-electron chi connectivity index (χ2n) is 3.53. The van der Waals surface area contributed by atoms with Crippen molar-refractivity contribution >= 4 is 17.6 Å². The molecular weight excluding hydrogens is 234 g/mol. The fraction of sp³-hybridized carbons (Fsp3) is 0.231. The zero-order chi connectivity index (χ0) is 12.3. The van der Waals surface area contributed by atoms with Crippen LogP contribution in [0.1, 0.15) is 21.6 Å². The number of ether oxygens (including phenoxy) is 1. The lowest BCUT2D eigenvalue weighted by molar-refractivity contribution is 0.112. The quantitative estimate of drug-likeness (QED) is 0.778. The number of hydrogen-bond acceptors (Lipinski definition) is 4. The molecule has 0 radical (unpaired) electrons. The van der Waals surface area contributed by atoms with Gasteiger partial charge in [0.25, 0.3) is 0 Å². The summed E-state index contributed by atoms with van der Waals surface area (Å²) in [5.74, 6) is 0.847. The molecule has 0 spiro atoms. The number of aldehydes is 1. The van der Waals surface area contributed by atoms with Crippen molar-refractivity contribution < 1.29 is 9.53 Å². The van der Waals surface area contributed by atoms with E-state index < -0.39 is 0 Å². The summed E-state index contributed by atoms with van der Waals surface area (Å²) in [6.45, 7) is 4.58. The fourth-order valence-electron chi connectivity index (χ4n) is 1.61. The van der Waals surface area contributed by atoms with Crippen LogP contribution in [-0.4, -0.2) is 17.9 Å². The Morgan fingerprint density at radius 3 is 2.59 bits per heavy atom. The van der Waals surface area contributed by atoms with E-state index >= 15 is 0 Å². The maximum atomic E-state index is 10.7. The first-order chi connectivity index (χ1) is 8.24. The van der Waals surface area contributed by atoms with Gasteiger partial charge in [-0.15, -0.1) is 11.3 Å². The smallest absolute Gasteiger partial charge is 0.178 e. The van der Waals surface area contributed by atoms with E-state index in [2.05, 4.69) is 4.98 Å². The number of nitrogens with zero attached hydrogens (tertiary/aromatic N) is 1. The molecule has 0 bridgehead atoms. The number of aryl methyl sites for hydroxylation is 1. The number of hydrogen-bond donors (Lipinski definition) is 0. The van der Waals surface area contributed by atoms with E-state index in [0.29, 0.717) is 11.6 Å². The predicted molar refractivity (Wildman–Crippen MR) is 68.8 cm³/mol. The molecule has 4 heteroatoms. The van der Waals surface area contributed by atoms with Gasteiger partial charge in [0.15, 0.2) is 11.3 Å². The summed E-state index contributed by atoms with van der Waals surface area (Å²) in [6, 6.07) is 7.75. The highest BCUT2D eigenvalue weighted by Crippen LogP contribution is 2.28. The summed E-state index contributed by atoms with van der Waals surface area (Å²) in [6.07, 6.45) is 0.787. The van der Waals surface area contributed by atoms with Gasteiger partial charge in [0.1, 0.15) is 5.75 Å². The van der Waals surface area contributed by atoms with Crippen LogP contribution in [0.4, 0.5) is 0 Å². The van der Waals surface area contributed by atoms with E-state index in [1.165, 1.54) is 11.3 Å². The van der Waals surface area contributed by atoms with E-state index in [1.807, 2.05) is 38.1 Å². The van der Waals surface area contributed by atoms with E-state index in [0.717, 1.165) is 28.2 Å². The standard InChI is InChI=1S/C13H13NO2S/c1-3-16-11-6-4-10(5-7-11)13-9(2)17-12(8-15)14-13/h4-8H,3H2,1-2H3. The predicted octanol–water partition coefficient (Wildman–Crippen LogP) is 3.33. The van der Waals surface area contributed by atoms with E-state index in [9.17, 15) is 4.79 Å². The van der Waals surface area contributed by atoms with Crippen LogP contribution in [0.2, 0.25) is 0 Å². The van der Waals surface area contributed by atoms with Crippen LogP contribution in [-0.2, 0) is 0 Å². The Morgan fingerprint density at radius 2 is 2.06 bits per heavy atom. The number of carbonyl (C=O) groups excluding carboxylic acids is 1. The first kappa shape index (κ1) is 11.8. The number of carbonyl (C=O) groups is 1. The number of rotatable bonds is 4. The first-order valence-corrected chi connectivity index (χ1v) is 6.22. The third-order valence-corrected chi connectivity index (χ3v) is 3.25. The highest BCUT2D eigenvalue weighted by Gasteiger charge is 2.09. The maximum absolute atomic E-state index is 10.7. The van der Waals surface area contributed by atoms with Crippen molar-refractivity contribution in [1.29, 1.82) is 0 Å². The van der Waals surface area contributed by atoms with Crippen molar-refractivity contribution in [1.82, 2.24) is 4.98 Å². The molecule has 0 N–H and O–H groups in total. The van der Waals surface area contributed by atoms with Gasteiger partial charge in [0.2, 0.25) is 0 Å². The van der Waals surface area contributed by atoms with Gasteiger partial charge in [-0.1, -0.05) is 0 Å². The van der Waals surface area contributed by atoms with Crippen molar-refractivity contribution in [2.24, 2.45) is 0 Å². The molecule has 88 valence electrons. The first-order valence-electron chi connectivity index (χ1n) is 5.40. The molecule has 0 saturated heterocycles. The minimum Gasteiger partial charge on any atom is -0.494 e. The van der Waals surface area contributed by atoms with Crippen LogP contribution < -0.4 is 4.74 Å². The summed E-state index contributed by atoms with van der Waals surface area (Å²) in [5.41, 5.74) is 1.88. The SMILES string of the molecule is CCOc1ccc(-c2nc(C=O)sc2C)cc1. The molecule has 0 atom stereocenters. The van der Waals surface area contributed by atoms with Crippen molar-refractivity contribution in [3.05, 3.63) is 34.2 Å². The minimum absolute atomic E-state index is 0.520. The summed E-state index contributed by atoms with van der Waals surface area (Å²) in [5, 5.41) is 0.520. The zero-order valence-electron chi connectivity index (χ0n) is 9.77. The van der Waals surface area contributed by atoms with Crippen LogP contribution in [0, 0.1) is 6.92 Å². The molecule has 0 unspecified atom stereocenters. The van der Waals surface area contributed by atoms with Crippen molar-refractivity contribution in [2.75, 3.05) is 6.61 Å². The minimum atomic E-state index is 0.520. The lowest BCUT2D eigenvalue weighted by Crippen LogP contribution is -1.90. The molecule has 0 fully saturated rings. The van der Waals surface area contributed by atoms with Crippen molar-refractivity contribution in [3.63, 3.8) is 0 Å². The van der Waals surface area contributed by atoms with Crippen LogP contribution in [0.25, 0.3) is 11.3 Å². The van der Waals surface area contributed by atoms with E-state index in [4.69, 9.17) is 4.74 Å². The number of thiazole rings is 1. The largest absolute Gasteiger partial charge is 0.494 e. The Morgan fingerprint density at radius 1 is 1.35 bits per heavy atom. The molecule has 1 aromatic heterocycles. The van der Waals surface area contributed by atoms with Crippen LogP contribution in [0.3, 0.4) is 0 Å². The number of aromatic nitrogens is 1. The molecule has 3 nitrogen and oxygen atoms in total. The molecule has 0 aliphatic rings. The Hall–Kier alpha value is -1.68. The van der Waals surface area contributed by atoms with Gasteiger partial charge in [0.05, 0.1) is 12.3 Å². The van der Waals surface area contributed by atoms with Gasteiger partial charge in [-0.05, 0) is 38.1 Å². The van der Waals surface area contributed by atoms with Crippen LogP contribution >= 0.6 is 11.3 Å². The van der Waals surface area contributed by atoms with E-state index in [1.54, 1.807) is 0 Å². The lowest BCUT2D eigenvalue weighted by atomic mass is 10.1. The van der Waals surface area contributed by atoms with Gasteiger partial charge >= 0.3 is 0 Å². The normalized spacial score (nSPS) is 10.2. The Balaban J connectivity index is 2.32. The highest BCUT2D eigenvalue weighted by atomic mass is 32.1. The average molecular weight is 247 g/mol. The summed E-state index contributed by atoms with van der Waals surface area (Å²) >= 11 is 1.41. The molecular formula is C13H13NO2S.